The Kier molecular flexibility index (Phi) is 3.10. The molecular formula is C15H15N3O2. The highest BCUT2D eigenvalue weighted by molar-refractivity contribution is 5.81. The lowest BCUT2D eigenvalue weighted by Gasteiger charge is -2.36. The molecule has 20 heavy (non-hydrogen) atoms. The molecule has 3 rings (SSSR count). The summed E-state index contributed by atoms with van der Waals surface area (Å²) in [4.78, 5) is 22.1. The molecule has 0 aliphatic carbocycles. The maximum absolute atomic E-state index is 11.7. The van der Waals surface area contributed by atoms with Crippen LogP contribution in [0.5, 0.6) is 0 Å². The molecule has 5 nitrogen and oxygen atoms in total. The lowest BCUT2D eigenvalue weighted by Crippen LogP contribution is -2.40. The van der Waals surface area contributed by atoms with Gasteiger partial charge in [0.2, 0.25) is 0 Å². The van der Waals surface area contributed by atoms with E-state index in [4.69, 9.17) is 0 Å². The van der Waals surface area contributed by atoms with Crippen molar-refractivity contribution in [3.8, 4) is 0 Å². The van der Waals surface area contributed by atoms with Gasteiger partial charge in [-0.1, -0.05) is 24.3 Å². The van der Waals surface area contributed by atoms with Crippen LogP contribution in [0, 0.1) is 6.92 Å². The molecule has 1 aromatic carbocycles. The first-order valence-corrected chi connectivity index (χ1v) is 6.53. The molecule has 5 heteroatoms. The number of carbonyl (C=O) groups is 1. The van der Waals surface area contributed by atoms with E-state index in [0.717, 1.165) is 23.2 Å². The second-order valence-corrected chi connectivity index (χ2v) is 4.85. The van der Waals surface area contributed by atoms with Crippen molar-refractivity contribution in [2.45, 2.75) is 19.4 Å². The number of carboxylic acids is 1. The summed E-state index contributed by atoms with van der Waals surface area (Å²) in [6, 6.07) is 7.00. The molecule has 102 valence electrons. The molecule has 0 amide bonds. The van der Waals surface area contributed by atoms with Gasteiger partial charge in [-0.15, -0.1) is 0 Å². The quantitative estimate of drug-likeness (QED) is 0.903. The molecule has 1 aromatic heterocycles. The molecule has 0 bridgehead atoms. The molecule has 0 saturated heterocycles. The van der Waals surface area contributed by atoms with E-state index in [1.807, 2.05) is 36.1 Å². The lowest BCUT2D eigenvalue weighted by atomic mass is 9.92. The monoisotopic (exact) mass is 269 g/mol. The molecule has 0 radical (unpaired) electrons. The van der Waals surface area contributed by atoms with Crippen molar-refractivity contribution in [1.82, 2.24) is 9.97 Å². The summed E-state index contributed by atoms with van der Waals surface area (Å²) < 4.78 is 0. The van der Waals surface area contributed by atoms with E-state index < -0.39 is 12.0 Å². The fraction of sp³-hybridized carbons (Fsp3) is 0.267. The van der Waals surface area contributed by atoms with Crippen LogP contribution in [-0.4, -0.2) is 27.6 Å². The largest absolute Gasteiger partial charge is 0.479 e. The number of aromatic nitrogens is 2. The van der Waals surface area contributed by atoms with Gasteiger partial charge in [-0.2, -0.15) is 0 Å². The van der Waals surface area contributed by atoms with Crippen LogP contribution in [0.4, 0.5) is 5.82 Å². The van der Waals surface area contributed by atoms with E-state index in [2.05, 4.69) is 9.97 Å². The van der Waals surface area contributed by atoms with Crippen molar-refractivity contribution in [3.63, 3.8) is 0 Å². The van der Waals surface area contributed by atoms with Gasteiger partial charge in [0.05, 0.1) is 5.69 Å². The van der Waals surface area contributed by atoms with Gasteiger partial charge in [0.25, 0.3) is 0 Å². The third-order valence-corrected chi connectivity index (χ3v) is 3.64. The molecule has 1 aliphatic heterocycles. The average molecular weight is 269 g/mol. The van der Waals surface area contributed by atoms with E-state index >= 15 is 0 Å². The molecule has 0 spiro atoms. The second-order valence-electron chi connectivity index (χ2n) is 4.85. The molecule has 1 N–H and O–H groups in total. The second kappa shape index (κ2) is 4.92. The standard InChI is InChI=1S/C15H15N3O2/c1-10-14(17-8-7-16-10)18-9-6-11-4-2-3-5-12(11)13(18)15(19)20/h2-5,7-8,13H,6,9H2,1H3,(H,19,20). The Hall–Kier alpha value is -2.43. The fourth-order valence-corrected chi connectivity index (χ4v) is 2.74. The van der Waals surface area contributed by atoms with E-state index in [9.17, 15) is 9.90 Å². The number of benzene rings is 1. The Labute approximate surface area is 116 Å². The summed E-state index contributed by atoms with van der Waals surface area (Å²) in [7, 11) is 0. The summed E-state index contributed by atoms with van der Waals surface area (Å²) in [5, 5.41) is 9.62. The van der Waals surface area contributed by atoms with Crippen LogP contribution < -0.4 is 4.90 Å². The number of hydrogen-bond acceptors (Lipinski definition) is 4. The van der Waals surface area contributed by atoms with Gasteiger partial charge in [-0.05, 0) is 24.5 Å². The molecule has 2 aromatic rings. The summed E-state index contributed by atoms with van der Waals surface area (Å²) in [5.41, 5.74) is 2.69. The van der Waals surface area contributed by atoms with Crippen LogP contribution in [-0.2, 0) is 11.2 Å². The van der Waals surface area contributed by atoms with Gasteiger partial charge in [0.1, 0.15) is 0 Å². The van der Waals surface area contributed by atoms with E-state index in [1.165, 1.54) is 0 Å². The Morgan fingerprint density at radius 1 is 1.30 bits per heavy atom. The summed E-state index contributed by atoms with van der Waals surface area (Å²) in [5.74, 6) is -0.211. The lowest BCUT2D eigenvalue weighted by molar-refractivity contribution is -0.138. The van der Waals surface area contributed by atoms with Crippen LogP contribution in [0.2, 0.25) is 0 Å². The van der Waals surface area contributed by atoms with E-state index in [0.29, 0.717) is 12.4 Å². The van der Waals surface area contributed by atoms with Crippen molar-refractivity contribution in [3.05, 3.63) is 53.5 Å². The number of fused-ring (bicyclic) bond motifs is 1. The SMILES string of the molecule is Cc1nccnc1N1CCc2ccccc2C1C(=O)O. The minimum absolute atomic E-state index is 0.632. The number of aryl methyl sites for hydroxylation is 1. The number of hydrogen-bond donors (Lipinski definition) is 1. The molecule has 1 aliphatic rings. The van der Waals surface area contributed by atoms with Crippen LogP contribution in [0.3, 0.4) is 0 Å². The van der Waals surface area contributed by atoms with Crippen LogP contribution in [0.15, 0.2) is 36.7 Å². The molecule has 2 heterocycles. The van der Waals surface area contributed by atoms with Crippen LogP contribution in [0.25, 0.3) is 0 Å². The van der Waals surface area contributed by atoms with Crippen molar-refractivity contribution in [1.29, 1.82) is 0 Å². The minimum atomic E-state index is -0.859. The van der Waals surface area contributed by atoms with Gasteiger partial charge < -0.3 is 10.0 Å². The molecule has 1 atom stereocenters. The maximum Gasteiger partial charge on any atom is 0.331 e. The first-order chi connectivity index (χ1) is 9.68. The van der Waals surface area contributed by atoms with E-state index in [1.54, 1.807) is 12.4 Å². The van der Waals surface area contributed by atoms with Gasteiger partial charge in [0.15, 0.2) is 11.9 Å². The smallest absolute Gasteiger partial charge is 0.331 e. The number of aliphatic carboxylic acids is 1. The summed E-state index contributed by atoms with van der Waals surface area (Å²) in [6.07, 6.45) is 4.03. The van der Waals surface area contributed by atoms with Gasteiger partial charge in [0, 0.05) is 18.9 Å². The van der Waals surface area contributed by atoms with Crippen LogP contribution in [0.1, 0.15) is 22.9 Å². The highest BCUT2D eigenvalue weighted by Gasteiger charge is 2.34. The van der Waals surface area contributed by atoms with Crippen molar-refractivity contribution < 1.29 is 9.90 Å². The van der Waals surface area contributed by atoms with Gasteiger partial charge in [-0.25, -0.2) is 9.78 Å². The highest BCUT2D eigenvalue weighted by atomic mass is 16.4. The van der Waals surface area contributed by atoms with E-state index in [-0.39, 0.29) is 0 Å². The zero-order valence-electron chi connectivity index (χ0n) is 11.2. The predicted molar refractivity (Wildman–Crippen MR) is 74.6 cm³/mol. The molecule has 1 unspecified atom stereocenters. The number of nitrogens with zero attached hydrogens (tertiary/aromatic N) is 3. The first kappa shape index (κ1) is 12.6. The average Bonchev–Trinajstić information content (AvgIpc) is 2.46. The third kappa shape index (κ3) is 2.01. The fourth-order valence-electron chi connectivity index (χ4n) is 2.74. The number of rotatable bonds is 2. The normalized spacial score (nSPS) is 17.6. The maximum atomic E-state index is 11.7. The Morgan fingerprint density at radius 3 is 2.80 bits per heavy atom. The van der Waals surface area contributed by atoms with Crippen molar-refractivity contribution >= 4 is 11.8 Å². The Bertz CT molecular complexity index is 657. The first-order valence-electron chi connectivity index (χ1n) is 6.53. The topological polar surface area (TPSA) is 66.3 Å². The zero-order valence-corrected chi connectivity index (χ0v) is 11.2. The highest BCUT2D eigenvalue weighted by Crippen LogP contribution is 2.33. The van der Waals surface area contributed by atoms with Crippen molar-refractivity contribution in [2.24, 2.45) is 0 Å². The van der Waals surface area contributed by atoms with Gasteiger partial charge in [-0.3, -0.25) is 4.98 Å². The van der Waals surface area contributed by atoms with Crippen molar-refractivity contribution in [2.75, 3.05) is 11.4 Å². The third-order valence-electron chi connectivity index (χ3n) is 3.64. The molecular weight excluding hydrogens is 254 g/mol. The zero-order chi connectivity index (χ0) is 14.1. The predicted octanol–water partition coefficient (Wildman–Crippen LogP) is 1.97. The summed E-state index contributed by atoms with van der Waals surface area (Å²) in [6.45, 7) is 2.48. The molecule has 0 fully saturated rings. The molecule has 0 saturated carbocycles. The number of anilines is 1. The minimum Gasteiger partial charge on any atom is -0.479 e. The number of carboxylic acid groups (broad SMARTS) is 1. The summed E-state index contributed by atoms with van der Waals surface area (Å²) >= 11 is 0. The van der Waals surface area contributed by atoms with Crippen LogP contribution >= 0.6 is 0 Å². The van der Waals surface area contributed by atoms with Gasteiger partial charge >= 0.3 is 5.97 Å². The Balaban J connectivity index is 2.10. The Morgan fingerprint density at radius 2 is 2.05 bits per heavy atom.